The Kier molecular flexibility index (Phi) is 6.01. The lowest BCUT2D eigenvalue weighted by Gasteiger charge is -2.40. The maximum atomic E-state index is 13.4. The maximum Gasteiger partial charge on any atom is 0.227 e. The fraction of sp³-hybridized carbons (Fsp3) is 0.259. The molecule has 2 atom stereocenters. The van der Waals surface area contributed by atoms with Crippen molar-refractivity contribution < 1.29 is 9.59 Å². The zero-order valence-corrected chi connectivity index (χ0v) is 19.4. The third-order valence-corrected chi connectivity index (χ3v) is 7.39. The van der Waals surface area contributed by atoms with Gasteiger partial charge in [-0.05, 0) is 55.0 Å². The van der Waals surface area contributed by atoms with Gasteiger partial charge in [0.1, 0.15) is 0 Å². The van der Waals surface area contributed by atoms with Crippen LogP contribution in [0.3, 0.4) is 0 Å². The van der Waals surface area contributed by atoms with E-state index >= 15 is 0 Å². The Morgan fingerprint density at radius 1 is 1.12 bits per heavy atom. The topological polar surface area (TPSA) is 65.2 Å². The maximum absolute atomic E-state index is 13.4. The highest BCUT2D eigenvalue weighted by molar-refractivity contribution is 7.10. The number of amides is 2. The second-order valence-electron chi connectivity index (χ2n) is 8.61. The van der Waals surface area contributed by atoms with Gasteiger partial charge in [-0.1, -0.05) is 42.0 Å². The van der Waals surface area contributed by atoms with E-state index in [-0.39, 0.29) is 23.8 Å². The largest absolute Gasteiger partial charge is 0.361 e. The van der Waals surface area contributed by atoms with Gasteiger partial charge in [-0.3, -0.25) is 9.59 Å². The number of hydrogen-bond acceptors (Lipinski definition) is 3. The SMILES string of the molecule is Cc1ccc(N2C(=O)CC[C@@H](C(=O)NCCc3c[nH]c4ccccc34)[C@H]2c2cccs2)cc1. The number of aryl methyl sites for hydroxylation is 1. The van der Waals surface area contributed by atoms with Gasteiger partial charge < -0.3 is 15.2 Å². The second-order valence-corrected chi connectivity index (χ2v) is 9.58. The molecule has 6 heteroatoms. The van der Waals surface area contributed by atoms with Crippen molar-refractivity contribution >= 4 is 39.7 Å². The van der Waals surface area contributed by atoms with Crippen molar-refractivity contribution in [1.82, 2.24) is 10.3 Å². The lowest BCUT2D eigenvalue weighted by molar-refractivity contribution is -0.129. The number of carbonyl (C=O) groups is 2. The van der Waals surface area contributed by atoms with Gasteiger partial charge in [0.25, 0.3) is 0 Å². The summed E-state index contributed by atoms with van der Waals surface area (Å²) in [6, 6.07) is 19.9. The molecule has 0 unspecified atom stereocenters. The van der Waals surface area contributed by atoms with Gasteiger partial charge in [0.15, 0.2) is 0 Å². The van der Waals surface area contributed by atoms with E-state index in [9.17, 15) is 9.59 Å². The zero-order chi connectivity index (χ0) is 22.8. The lowest BCUT2D eigenvalue weighted by atomic mass is 9.86. The highest BCUT2D eigenvalue weighted by atomic mass is 32.1. The third-order valence-electron chi connectivity index (χ3n) is 6.45. The molecule has 0 radical (unpaired) electrons. The number of H-pyrrole nitrogens is 1. The van der Waals surface area contributed by atoms with E-state index in [1.807, 2.05) is 71.9 Å². The molecule has 33 heavy (non-hydrogen) atoms. The van der Waals surface area contributed by atoms with Crippen LogP contribution in [-0.2, 0) is 16.0 Å². The highest BCUT2D eigenvalue weighted by Crippen LogP contribution is 2.41. The number of nitrogens with zero attached hydrogens (tertiary/aromatic N) is 1. The molecule has 4 aromatic rings. The van der Waals surface area contributed by atoms with Crippen molar-refractivity contribution in [2.45, 2.75) is 32.2 Å². The van der Waals surface area contributed by atoms with Crippen LogP contribution < -0.4 is 10.2 Å². The van der Waals surface area contributed by atoms with Crippen molar-refractivity contribution in [2.75, 3.05) is 11.4 Å². The summed E-state index contributed by atoms with van der Waals surface area (Å²) in [5.41, 5.74) is 4.29. The van der Waals surface area contributed by atoms with Crippen LogP contribution in [0.5, 0.6) is 0 Å². The predicted molar refractivity (Wildman–Crippen MR) is 133 cm³/mol. The van der Waals surface area contributed by atoms with Crippen LogP contribution in [0.1, 0.15) is 34.9 Å². The quantitative estimate of drug-likeness (QED) is 0.408. The van der Waals surface area contributed by atoms with E-state index in [1.165, 1.54) is 10.9 Å². The Morgan fingerprint density at radius 3 is 2.73 bits per heavy atom. The van der Waals surface area contributed by atoms with E-state index in [0.29, 0.717) is 19.4 Å². The van der Waals surface area contributed by atoms with Crippen molar-refractivity contribution in [1.29, 1.82) is 0 Å². The number of aromatic nitrogens is 1. The molecule has 0 saturated carbocycles. The van der Waals surface area contributed by atoms with Crippen molar-refractivity contribution in [3.63, 3.8) is 0 Å². The summed E-state index contributed by atoms with van der Waals surface area (Å²) >= 11 is 1.60. The molecule has 1 saturated heterocycles. The fourth-order valence-electron chi connectivity index (χ4n) is 4.75. The fourth-order valence-corrected chi connectivity index (χ4v) is 5.63. The van der Waals surface area contributed by atoms with Crippen LogP contribution in [-0.4, -0.2) is 23.3 Å². The van der Waals surface area contributed by atoms with Gasteiger partial charge in [0.2, 0.25) is 11.8 Å². The summed E-state index contributed by atoms with van der Waals surface area (Å²) in [4.78, 5) is 32.6. The molecule has 2 N–H and O–H groups in total. The number of carbonyl (C=O) groups excluding carboxylic acids is 2. The van der Waals surface area contributed by atoms with Gasteiger partial charge in [-0.15, -0.1) is 11.3 Å². The molecule has 1 aliphatic heterocycles. The molecule has 1 aliphatic rings. The standard InChI is InChI=1S/C27H27N3O2S/c1-18-8-10-20(11-9-18)30-25(31)13-12-22(26(30)24-7-4-16-33-24)27(32)28-15-14-19-17-29-23-6-3-2-5-21(19)23/h2-11,16-17,22,26,29H,12-15H2,1H3,(H,28,32)/t22-,26+/m1/s1. The van der Waals surface area contributed by atoms with Crippen molar-refractivity contribution in [3.05, 3.63) is 88.2 Å². The minimum atomic E-state index is -0.290. The molecule has 2 aromatic carbocycles. The molecule has 1 fully saturated rings. The minimum absolute atomic E-state index is 0.0119. The number of hydrogen-bond donors (Lipinski definition) is 2. The van der Waals surface area contributed by atoms with Crippen LogP contribution in [0.25, 0.3) is 10.9 Å². The molecule has 5 nitrogen and oxygen atoms in total. The number of aromatic amines is 1. The lowest BCUT2D eigenvalue weighted by Crippen LogP contribution is -2.48. The average molecular weight is 458 g/mol. The van der Waals surface area contributed by atoms with E-state index in [0.717, 1.165) is 28.1 Å². The Morgan fingerprint density at radius 2 is 1.94 bits per heavy atom. The number of para-hydroxylation sites is 1. The van der Waals surface area contributed by atoms with Crippen LogP contribution in [0.15, 0.2) is 72.2 Å². The first-order valence-electron chi connectivity index (χ1n) is 11.4. The van der Waals surface area contributed by atoms with E-state index in [2.05, 4.69) is 22.4 Å². The normalized spacial score (nSPS) is 18.6. The molecule has 0 aliphatic carbocycles. The van der Waals surface area contributed by atoms with Gasteiger partial charge in [0, 0.05) is 40.6 Å². The van der Waals surface area contributed by atoms with Crippen LogP contribution >= 0.6 is 11.3 Å². The van der Waals surface area contributed by atoms with Crippen molar-refractivity contribution in [2.24, 2.45) is 5.92 Å². The smallest absolute Gasteiger partial charge is 0.227 e. The summed E-state index contributed by atoms with van der Waals surface area (Å²) in [5, 5.41) is 6.36. The van der Waals surface area contributed by atoms with Crippen LogP contribution in [0, 0.1) is 12.8 Å². The van der Waals surface area contributed by atoms with E-state index < -0.39 is 0 Å². The van der Waals surface area contributed by atoms with Crippen LogP contribution in [0.2, 0.25) is 0 Å². The molecule has 3 heterocycles. The van der Waals surface area contributed by atoms with Gasteiger partial charge in [-0.2, -0.15) is 0 Å². The summed E-state index contributed by atoms with van der Waals surface area (Å²) in [7, 11) is 0. The van der Waals surface area contributed by atoms with Gasteiger partial charge >= 0.3 is 0 Å². The first-order chi connectivity index (χ1) is 16.1. The molecule has 168 valence electrons. The second kappa shape index (κ2) is 9.24. The first-order valence-corrected chi connectivity index (χ1v) is 12.2. The Labute approximate surface area is 197 Å². The number of thiophene rings is 1. The van der Waals surface area contributed by atoms with Crippen molar-refractivity contribution in [3.8, 4) is 0 Å². The first kappa shape index (κ1) is 21.5. The Bertz CT molecular complexity index is 1260. The Balaban J connectivity index is 1.35. The number of fused-ring (bicyclic) bond motifs is 1. The number of benzene rings is 2. The summed E-state index contributed by atoms with van der Waals surface area (Å²) in [6.45, 7) is 2.59. The van der Waals surface area contributed by atoms with E-state index in [4.69, 9.17) is 0 Å². The minimum Gasteiger partial charge on any atom is -0.361 e. The summed E-state index contributed by atoms with van der Waals surface area (Å²) in [6.07, 6.45) is 3.70. The summed E-state index contributed by atoms with van der Waals surface area (Å²) in [5.74, 6) is -0.205. The molecular formula is C27H27N3O2S. The zero-order valence-electron chi connectivity index (χ0n) is 18.6. The highest BCUT2D eigenvalue weighted by Gasteiger charge is 2.41. The monoisotopic (exact) mass is 457 g/mol. The molecule has 2 aromatic heterocycles. The summed E-state index contributed by atoms with van der Waals surface area (Å²) < 4.78 is 0. The number of nitrogens with one attached hydrogen (secondary N) is 2. The molecule has 2 amide bonds. The molecule has 0 bridgehead atoms. The molecular weight excluding hydrogens is 430 g/mol. The number of piperidine rings is 1. The molecule has 0 spiro atoms. The van der Waals surface area contributed by atoms with E-state index in [1.54, 1.807) is 11.3 Å². The number of rotatable bonds is 6. The molecule has 5 rings (SSSR count). The van der Waals surface area contributed by atoms with Crippen LogP contribution in [0.4, 0.5) is 5.69 Å². The van der Waals surface area contributed by atoms with Gasteiger partial charge in [0.05, 0.1) is 12.0 Å². The van der Waals surface area contributed by atoms with Gasteiger partial charge in [-0.25, -0.2) is 0 Å². The third kappa shape index (κ3) is 4.31. The Hall–Kier alpha value is -3.38. The average Bonchev–Trinajstić information content (AvgIpc) is 3.50. The number of anilines is 1. The predicted octanol–water partition coefficient (Wildman–Crippen LogP) is 5.38.